The minimum Gasteiger partial charge on any atom is -0.488 e. The number of aryl methyl sites for hydroxylation is 1. The highest BCUT2D eigenvalue weighted by Crippen LogP contribution is 2.21. The number of amides is 1. The van der Waals surface area contributed by atoms with Crippen LogP contribution >= 0.6 is 0 Å². The van der Waals surface area contributed by atoms with Crippen LogP contribution in [0.5, 0.6) is 5.75 Å². The molecule has 1 N–H and O–H groups in total. The predicted molar refractivity (Wildman–Crippen MR) is 115 cm³/mol. The zero-order chi connectivity index (χ0) is 21.3. The summed E-state index contributed by atoms with van der Waals surface area (Å²) in [6, 6.07) is 24.2. The number of hydrogen-bond donors (Lipinski definition) is 1. The standard InChI is InChI=1S/C25H25NO4/c1-18-9-8-10-20(15-18)16-29-23-14-7-6-13-22(23)25(28)30-17-24(27)26-19(2)21-11-4-3-5-12-21/h3-15,19H,16-17H2,1-2H3,(H,26,27)/t19-/m1/s1. The minimum absolute atomic E-state index is 0.178. The van der Waals surface area contributed by atoms with Gasteiger partial charge in [0.2, 0.25) is 0 Å². The molecule has 0 unspecified atom stereocenters. The summed E-state index contributed by atoms with van der Waals surface area (Å²) in [4.78, 5) is 24.7. The van der Waals surface area contributed by atoms with E-state index in [-0.39, 0.29) is 24.1 Å². The van der Waals surface area contributed by atoms with Crippen LogP contribution in [-0.4, -0.2) is 18.5 Å². The van der Waals surface area contributed by atoms with Gasteiger partial charge in [-0.05, 0) is 37.1 Å². The van der Waals surface area contributed by atoms with Crippen molar-refractivity contribution in [1.82, 2.24) is 5.32 Å². The summed E-state index contributed by atoms with van der Waals surface area (Å²) in [5.41, 5.74) is 3.41. The highest BCUT2D eigenvalue weighted by molar-refractivity contribution is 5.94. The molecule has 3 aromatic rings. The van der Waals surface area contributed by atoms with Crippen molar-refractivity contribution in [1.29, 1.82) is 0 Å². The Balaban J connectivity index is 1.55. The normalized spacial score (nSPS) is 11.4. The van der Waals surface area contributed by atoms with E-state index in [2.05, 4.69) is 5.32 Å². The summed E-state index contributed by atoms with van der Waals surface area (Å²) in [6.45, 7) is 3.87. The fourth-order valence-electron chi connectivity index (χ4n) is 3.04. The van der Waals surface area contributed by atoms with E-state index < -0.39 is 5.97 Å². The summed E-state index contributed by atoms with van der Waals surface area (Å²) in [6.07, 6.45) is 0. The lowest BCUT2D eigenvalue weighted by atomic mass is 10.1. The molecule has 3 rings (SSSR count). The molecule has 0 heterocycles. The number of hydrogen-bond acceptors (Lipinski definition) is 4. The largest absolute Gasteiger partial charge is 0.488 e. The lowest BCUT2D eigenvalue weighted by Crippen LogP contribution is -2.31. The first-order valence-corrected chi connectivity index (χ1v) is 9.82. The molecule has 1 amide bonds. The van der Waals surface area contributed by atoms with Gasteiger partial charge in [0.25, 0.3) is 5.91 Å². The molecule has 0 saturated carbocycles. The number of para-hydroxylation sites is 1. The number of rotatable bonds is 8. The van der Waals surface area contributed by atoms with Crippen molar-refractivity contribution < 1.29 is 19.1 Å². The van der Waals surface area contributed by atoms with Gasteiger partial charge in [0.1, 0.15) is 17.9 Å². The Hall–Kier alpha value is -3.60. The Kier molecular flexibility index (Phi) is 7.22. The molecular weight excluding hydrogens is 378 g/mol. The molecule has 0 spiro atoms. The zero-order valence-electron chi connectivity index (χ0n) is 17.1. The van der Waals surface area contributed by atoms with Crippen molar-refractivity contribution in [3.05, 3.63) is 101 Å². The third-order valence-electron chi connectivity index (χ3n) is 4.60. The Bertz CT molecular complexity index is 1000. The Morgan fingerprint density at radius 3 is 2.43 bits per heavy atom. The van der Waals surface area contributed by atoms with Crippen LogP contribution in [0, 0.1) is 6.92 Å². The fourth-order valence-corrected chi connectivity index (χ4v) is 3.04. The summed E-state index contributed by atoms with van der Waals surface area (Å²) >= 11 is 0. The first-order valence-electron chi connectivity index (χ1n) is 9.82. The Morgan fingerprint density at radius 2 is 1.67 bits per heavy atom. The molecule has 3 aromatic carbocycles. The molecule has 1 atom stereocenters. The Morgan fingerprint density at radius 1 is 0.933 bits per heavy atom. The molecular formula is C25H25NO4. The highest BCUT2D eigenvalue weighted by atomic mass is 16.5. The predicted octanol–water partition coefficient (Wildman–Crippen LogP) is 4.61. The van der Waals surface area contributed by atoms with Crippen molar-refractivity contribution in [2.45, 2.75) is 26.5 Å². The number of nitrogens with one attached hydrogen (secondary N) is 1. The van der Waals surface area contributed by atoms with Gasteiger partial charge in [-0.3, -0.25) is 4.79 Å². The quantitative estimate of drug-likeness (QED) is 0.558. The number of carbonyl (C=O) groups is 2. The van der Waals surface area contributed by atoms with E-state index in [0.717, 1.165) is 16.7 Å². The molecule has 5 nitrogen and oxygen atoms in total. The van der Waals surface area contributed by atoms with E-state index in [1.807, 2.05) is 68.4 Å². The first kappa shape index (κ1) is 21.1. The minimum atomic E-state index is -0.600. The monoisotopic (exact) mass is 403 g/mol. The number of carbonyl (C=O) groups excluding carboxylic acids is 2. The van der Waals surface area contributed by atoms with Gasteiger partial charge in [0.05, 0.1) is 6.04 Å². The average molecular weight is 403 g/mol. The summed E-state index contributed by atoms with van der Waals surface area (Å²) in [7, 11) is 0. The lowest BCUT2D eigenvalue weighted by molar-refractivity contribution is -0.124. The van der Waals surface area contributed by atoms with Gasteiger partial charge >= 0.3 is 5.97 Å². The van der Waals surface area contributed by atoms with Crippen LogP contribution < -0.4 is 10.1 Å². The number of benzene rings is 3. The first-order chi connectivity index (χ1) is 14.5. The maximum atomic E-state index is 12.5. The van der Waals surface area contributed by atoms with E-state index in [0.29, 0.717) is 12.4 Å². The van der Waals surface area contributed by atoms with Crippen LogP contribution in [0.25, 0.3) is 0 Å². The van der Waals surface area contributed by atoms with Crippen LogP contribution in [0.1, 0.15) is 40.0 Å². The molecule has 0 aromatic heterocycles. The highest BCUT2D eigenvalue weighted by Gasteiger charge is 2.16. The third-order valence-corrected chi connectivity index (χ3v) is 4.60. The van der Waals surface area contributed by atoms with Gasteiger partial charge in [-0.1, -0.05) is 72.3 Å². The second kappa shape index (κ2) is 10.3. The number of ether oxygens (including phenoxy) is 2. The molecule has 0 aliphatic heterocycles. The molecule has 0 aliphatic rings. The molecule has 0 fully saturated rings. The van der Waals surface area contributed by atoms with Crippen LogP contribution in [0.3, 0.4) is 0 Å². The molecule has 0 aliphatic carbocycles. The van der Waals surface area contributed by atoms with Crippen molar-refractivity contribution in [3.8, 4) is 5.75 Å². The van der Waals surface area contributed by atoms with Crippen molar-refractivity contribution in [3.63, 3.8) is 0 Å². The Labute approximate surface area is 176 Å². The van der Waals surface area contributed by atoms with Gasteiger partial charge in [0.15, 0.2) is 6.61 Å². The molecule has 0 radical (unpaired) electrons. The van der Waals surface area contributed by atoms with E-state index >= 15 is 0 Å². The zero-order valence-corrected chi connectivity index (χ0v) is 17.1. The number of esters is 1. The average Bonchev–Trinajstić information content (AvgIpc) is 2.77. The maximum Gasteiger partial charge on any atom is 0.342 e. The second-order valence-corrected chi connectivity index (χ2v) is 7.05. The molecule has 0 saturated heterocycles. The van der Waals surface area contributed by atoms with E-state index in [9.17, 15) is 9.59 Å². The van der Waals surface area contributed by atoms with Crippen LogP contribution in [0.15, 0.2) is 78.9 Å². The second-order valence-electron chi connectivity index (χ2n) is 7.05. The van der Waals surface area contributed by atoms with Gasteiger partial charge in [0, 0.05) is 0 Å². The third kappa shape index (κ3) is 5.95. The van der Waals surface area contributed by atoms with Crippen LogP contribution in [0.2, 0.25) is 0 Å². The SMILES string of the molecule is Cc1cccc(COc2ccccc2C(=O)OCC(=O)N[C@H](C)c2ccccc2)c1. The van der Waals surface area contributed by atoms with Gasteiger partial charge in [-0.25, -0.2) is 4.79 Å². The van der Waals surface area contributed by atoms with E-state index in [4.69, 9.17) is 9.47 Å². The summed E-state index contributed by atoms with van der Waals surface area (Å²) in [5, 5.41) is 2.82. The summed E-state index contributed by atoms with van der Waals surface area (Å²) in [5.74, 6) is -0.544. The maximum absolute atomic E-state index is 12.5. The van der Waals surface area contributed by atoms with E-state index in [1.54, 1.807) is 24.3 Å². The molecule has 0 bridgehead atoms. The van der Waals surface area contributed by atoms with Crippen molar-refractivity contribution >= 4 is 11.9 Å². The smallest absolute Gasteiger partial charge is 0.342 e. The van der Waals surface area contributed by atoms with Gasteiger partial charge < -0.3 is 14.8 Å². The molecule has 30 heavy (non-hydrogen) atoms. The van der Waals surface area contributed by atoms with Crippen LogP contribution in [-0.2, 0) is 16.1 Å². The topological polar surface area (TPSA) is 64.6 Å². The van der Waals surface area contributed by atoms with E-state index in [1.165, 1.54) is 0 Å². The van der Waals surface area contributed by atoms with Crippen molar-refractivity contribution in [2.75, 3.05) is 6.61 Å². The molecule has 154 valence electrons. The van der Waals surface area contributed by atoms with Crippen LogP contribution in [0.4, 0.5) is 0 Å². The van der Waals surface area contributed by atoms with Gasteiger partial charge in [-0.2, -0.15) is 0 Å². The lowest BCUT2D eigenvalue weighted by Gasteiger charge is -2.15. The summed E-state index contributed by atoms with van der Waals surface area (Å²) < 4.78 is 11.0. The van der Waals surface area contributed by atoms with Gasteiger partial charge in [-0.15, -0.1) is 0 Å². The molecule has 5 heteroatoms. The fraction of sp³-hybridized carbons (Fsp3) is 0.200. The van der Waals surface area contributed by atoms with Crippen molar-refractivity contribution in [2.24, 2.45) is 0 Å².